The highest BCUT2D eigenvalue weighted by molar-refractivity contribution is 7.98. The highest BCUT2D eigenvalue weighted by atomic mass is 32.2. The second-order valence-electron chi connectivity index (χ2n) is 4.12. The Morgan fingerprint density at radius 1 is 1.10 bits per heavy atom. The van der Waals surface area contributed by atoms with Crippen molar-refractivity contribution in [2.45, 2.75) is 4.90 Å². The SMILES string of the molecule is CSc1ccc(-c2noc(-c3ccnc(N)c3)n2)cc1. The van der Waals surface area contributed by atoms with Crippen LogP contribution in [0, 0.1) is 0 Å². The van der Waals surface area contributed by atoms with Crippen LogP contribution in [0.4, 0.5) is 5.82 Å². The van der Waals surface area contributed by atoms with Crippen LogP contribution in [0.25, 0.3) is 22.8 Å². The van der Waals surface area contributed by atoms with E-state index in [4.69, 9.17) is 10.3 Å². The van der Waals surface area contributed by atoms with E-state index < -0.39 is 0 Å². The summed E-state index contributed by atoms with van der Waals surface area (Å²) >= 11 is 1.69. The van der Waals surface area contributed by atoms with Gasteiger partial charge in [-0.15, -0.1) is 11.8 Å². The van der Waals surface area contributed by atoms with Gasteiger partial charge in [0.05, 0.1) is 0 Å². The largest absolute Gasteiger partial charge is 0.384 e. The van der Waals surface area contributed by atoms with Gasteiger partial charge in [0.25, 0.3) is 5.89 Å². The zero-order chi connectivity index (χ0) is 13.9. The molecule has 2 N–H and O–H groups in total. The maximum atomic E-state index is 5.64. The molecule has 0 aliphatic heterocycles. The molecule has 2 aromatic heterocycles. The van der Waals surface area contributed by atoms with Gasteiger partial charge in [0.2, 0.25) is 5.82 Å². The lowest BCUT2D eigenvalue weighted by atomic mass is 10.2. The fourth-order valence-corrected chi connectivity index (χ4v) is 2.19. The van der Waals surface area contributed by atoms with Gasteiger partial charge < -0.3 is 10.3 Å². The summed E-state index contributed by atoms with van der Waals surface area (Å²) in [6, 6.07) is 11.5. The van der Waals surface area contributed by atoms with Gasteiger partial charge in [0.15, 0.2) is 0 Å². The molecule has 0 bridgehead atoms. The lowest BCUT2D eigenvalue weighted by molar-refractivity contribution is 0.432. The molecule has 0 aliphatic carbocycles. The van der Waals surface area contributed by atoms with Crippen molar-refractivity contribution in [3.05, 3.63) is 42.6 Å². The van der Waals surface area contributed by atoms with Crippen LogP contribution in [-0.4, -0.2) is 21.4 Å². The van der Waals surface area contributed by atoms with Crippen LogP contribution in [0.5, 0.6) is 0 Å². The van der Waals surface area contributed by atoms with Crippen molar-refractivity contribution in [1.82, 2.24) is 15.1 Å². The van der Waals surface area contributed by atoms with E-state index >= 15 is 0 Å². The molecule has 0 saturated carbocycles. The van der Waals surface area contributed by atoms with Crippen molar-refractivity contribution in [3.63, 3.8) is 0 Å². The van der Waals surface area contributed by atoms with Crippen LogP contribution in [0.3, 0.4) is 0 Å². The van der Waals surface area contributed by atoms with Gasteiger partial charge in [-0.3, -0.25) is 0 Å². The number of nitrogens with zero attached hydrogens (tertiary/aromatic N) is 3. The monoisotopic (exact) mass is 284 g/mol. The molecule has 0 spiro atoms. The highest BCUT2D eigenvalue weighted by Gasteiger charge is 2.10. The highest BCUT2D eigenvalue weighted by Crippen LogP contribution is 2.24. The molecule has 0 fully saturated rings. The zero-order valence-corrected chi connectivity index (χ0v) is 11.6. The third-order valence-corrected chi connectivity index (χ3v) is 3.55. The molecular formula is C14H12N4OS. The van der Waals surface area contributed by atoms with E-state index in [-0.39, 0.29) is 0 Å². The molecule has 5 nitrogen and oxygen atoms in total. The van der Waals surface area contributed by atoms with Crippen LogP contribution in [-0.2, 0) is 0 Å². The van der Waals surface area contributed by atoms with Crippen LogP contribution < -0.4 is 5.73 Å². The average molecular weight is 284 g/mol. The predicted octanol–water partition coefficient (Wildman–Crippen LogP) is 3.10. The minimum atomic E-state index is 0.423. The second-order valence-corrected chi connectivity index (χ2v) is 5.00. The molecule has 0 radical (unpaired) electrons. The normalized spacial score (nSPS) is 10.7. The van der Waals surface area contributed by atoms with Gasteiger partial charge in [0.1, 0.15) is 5.82 Å². The summed E-state index contributed by atoms with van der Waals surface area (Å²) in [6.45, 7) is 0. The molecule has 0 amide bonds. The Labute approximate surface area is 120 Å². The van der Waals surface area contributed by atoms with Gasteiger partial charge in [0, 0.05) is 22.2 Å². The van der Waals surface area contributed by atoms with Gasteiger partial charge in [-0.05, 0) is 42.7 Å². The molecule has 6 heteroatoms. The van der Waals surface area contributed by atoms with Crippen molar-refractivity contribution < 1.29 is 4.52 Å². The summed E-state index contributed by atoms with van der Waals surface area (Å²) in [5.74, 6) is 1.41. The van der Waals surface area contributed by atoms with E-state index in [0.29, 0.717) is 17.5 Å². The Morgan fingerprint density at radius 2 is 1.90 bits per heavy atom. The van der Waals surface area contributed by atoms with Crippen molar-refractivity contribution >= 4 is 17.6 Å². The minimum absolute atomic E-state index is 0.423. The number of aromatic nitrogens is 3. The first-order chi connectivity index (χ1) is 9.76. The molecule has 20 heavy (non-hydrogen) atoms. The lowest BCUT2D eigenvalue weighted by Crippen LogP contribution is -1.89. The fraction of sp³-hybridized carbons (Fsp3) is 0.0714. The summed E-state index contributed by atoms with van der Waals surface area (Å²) in [7, 11) is 0. The third-order valence-electron chi connectivity index (χ3n) is 2.80. The fourth-order valence-electron chi connectivity index (χ4n) is 1.78. The topological polar surface area (TPSA) is 77.8 Å². The first-order valence-corrected chi connectivity index (χ1v) is 7.19. The van der Waals surface area contributed by atoms with Crippen molar-refractivity contribution in [3.8, 4) is 22.8 Å². The van der Waals surface area contributed by atoms with Gasteiger partial charge in [-0.25, -0.2) is 4.98 Å². The molecule has 1 aromatic carbocycles. The van der Waals surface area contributed by atoms with Crippen LogP contribution >= 0.6 is 11.8 Å². The molecule has 0 aliphatic rings. The third kappa shape index (κ3) is 2.50. The number of rotatable bonds is 3. The number of anilines is 1. The number of hydrogen-bond donors (Lipinski definition) is 1. The second kappa shape index (κ2) is 5.34. The first-order valence-electron chi connectivity index (χ1n) is 5.96. The first kappa shape index (κ1) is 12.7. The average Bonchev–Trinajstić information content (AvgIpc) is 2.97. The smallest absolute Gasteiger partial charge is 0.258 e. The Balaban J connectivity index is 1.93. The number of nitrogen functional groups attached to an aromatic ring is 1. The molecule has 0 atom stereocenters. The molecule has 0 unspecified atom stereocenters. The number of pyridine rings is 1. The van der Waals surface area contributed by atoms with E-state index in [1.807, 2.05) is 30.5 Å². The van der Waals surface area contributed by atoms with E-state index in [2.05, 4.69) is 15.1 Å². The number of hydrogen-bond acceptors (Lipinski definition) is 6. The van der Waals surface area contributed by atoms with Gasteiger partial charge >= 0.3 is 0 Å². The van der Waals surface area contributed by atoms with Crippen LogP contribution in [0.15, 0.2) is 52.0 Å². The lowest BCUT2D eigenvalue weighted by Gasteiger charge is -1.97. The quantitative estimate of drug-likeness (QED) is 0.745. The van der Waals surface area contributed by atoms with Crippen molar-refractivity contribution in [2.75, 3.05) is 12.0 Å². The summed E-state index contributed by atoms with van der Waals surface area (Å²) in [6.07, 6.45) is 3.65. The Bertz CT molecular complexity index is 724. The number of thioether (sulfide) groups is 1. The van der Waals surface area contributed by atoms with Crippen molar-refractivity contribution in [1.29, 1.82) is 0 Å². The molecule has 3 aromatic rings. The summed E-state index contributed by atoms with van der Waals surface area (Å²) < 4.78 is 5.27. The molecule has 2 heterocycles. The summed E-state index contributed by atoms with van der Waals surface area (Å²) in [4.78, 5) is 9.51. The van der Waals surface area contributed by atoms with E-state index in [1.54, 1.807) is 30.1 Å². The Morgan fingerprint density at radius 3 is 2.60 bits per heavy atom. The van der Waals surface area contributed by atoms with Crippen LogP contribution in [0.2, 0.25) is 0 Å². The molecule has 100 valence electrons. The maximum absolute atomic E-state index is 5.64. The molecule has 0 saturated heterocycles. The molecular weight excluding hydrogens is 272 g/mol. The van der Waals surface area contributed by atoms with E-state index in [9.17, 15) is 0 Å². The Kier molecular flexibility index (Phi) is 3.39. The minimum Gasteiger partial charge on any atom is -0.384 e. The maximum Gasteiger partial charge on any atom is 0.258 e. The van der Waals surface area contributed by atoms with E-state index in [0.717, 1.165) is 11.1 Å². The standard InChI is InChI=1S/C14H12N4OS/c1-20-11-4-2-9(3-5-11)13-17-14(19-18-13)10-6-7-16-12(15)8-10/h2-8H,1H3,(H2,15,16). The van der Waals surface area contributed by atoms with Gasteiger partial charge in [-0.1, -0.05) is 5.16 Å². The van der Waals surface area contributed by atoms with Crippen molar-refractivity contribution in [2.24, 2.45) is 0 Å². The summed E-state index contributed by atoms with van der Waals surface area (Å²) in [5, 5.41) is 3.99. The Hall–Kier alpha value is -2.34. The number of nitrogens with two attached hydrogens (primary N) is 1. The van der Waals surface area contributed by atoms with Crippen LogP contribution in [0.1, 0.15) is 0 Å². The number of benzene rings is 1. The van der Waals surface area contributed by atoms with E-state index in [1.165, 1.54) is 4.90 Å². The van der Waals surface area contributed by atoms with Gasteiger partial charge in [-0.2, -0.15) is 4.98 Å². The summed E-state index contributed by atoms with van der Waals surface area (Å²) in [5.41, 5.74) is 7.32. The predicted molar refractivity (Wildman–Crippen MR) is 79.2 cm³/mol. The zero-order valence-electron chi connectivity index (χ0n) is 10.8. The molecule has 3 rings (SSSR count).